The van der Waals surface area contributed by atoms with Gasteiger partial charge in [0.05, 0.1) is 0 Å². The summed E-state index contributed by atoms with van der Waals surface area (Å²) in [6.45, 7) is 8.39. The van der Waals surface area contributed by atoms with Crippen molar-refractivity contribution < 1.29 is 4.79 Å². The van der Waals surface area contributed by atoms with Gasteiger partial charge in [-0.15, -0.1) is 5.10 Å². The molecule has 1 aromatic heterocycles. The third-order valence-corrected chi connectivity index (χ3v) is 6.16. The Labute approximate surface area is 170 Å². The van der Waals surface area contributed by atoms with Crippen LogP contribution in [-0.4, -0.2) is 39.9 Å². The van der Waals surface area contributed by atoms with Crippen molar-refractivity contribution in [1.82, 2.24) is 14.8 Å². The summed E-state index contributed by atoms with van der Waals surface area (Å²) >= 11 is 1.51. The number of nitrogens with zero attached hydrogens (tertiary/aromatic N) is 4. The fraction of sp³-hybridized carbons (Fsp3) is 0.476. The highest BCUT2D eigenvalue weighted by atomic mass is 32.2. The van der Waals surface area contributed by atoms with Gasteiger partial charge in [-0.3, -0.25) is 4.79 Å². The number of hydrogen-bond donors (Lipinski definition) is 1. The van der Waals surface area contributed by atoms with Crippen molar-refractivity contribution in [3.05, 3.63) is 41.1 Å². The van der Waals surface area contributed by atoms with Crippen LogP contribution in [0.4, 0.5) is 11.6 Å². The Kier molecular flexibility index (Phi) is 5.19. The van der Waals surface area contributed by atoms with Crippen LogP contribution >= 0.6 is 11.8 Å². The minimum Gasteiger partial charge on any atom is -0.372 e. The van der Waals surface area contributed by atoms with Crippen LogP contribution in [0.5, 0.6) is 0 Å². The number of Topliss-reactive ketones (excluding diaryl/α,β-unsaturated/α-hetero) is 1. The summed E-state index contributed by atoms with van der Waals surface area (Å²) in [7, 11) is 0. The van der Waals surface area contributed by atoms with E-state index in [0.29, 0.717) is 17.5 Å². The highest BCUT2D eigenvalue weighted by Crippen LogP contribution is 2.42. The lowest BCUT2D eigenvalue weighted by Crippen LogP contribution is -2.33. The van der Waals surface area contributed by atoms with Crippen molar-refractivity contribution in [3.63, 3.8) is 0 Å². The number of allylic oxidation sites excluding steroid dienone is 2. The lowest BCUT2D eigenvalue weighted by molar-refractivity contribution is -0.117. The van der Waals surface area contributed by atoms with Gasteiger partial charge in [0.2, 0.25) is 11.1 Å². The second-order valence-corrected chi connectivity index (χ2v) is 8.26. The number of nitrogens with one attached hydrogen (secondary N) is 1. The SMILES string of the molecule is CCN(CC)c1ccc([C@H]2C3=C(C[C@@H](C)CC3=O)Nc3nc(SC)nn32)cc1. The van der Waals surface area contributed by atoms with Crippen molar-refractivity contribution in [1.29, 1.82) is 0 Å². The van der Waals surface area contributed by atoms with Crippen LogP contribution in [0.15, 0.2) is 40.7 Å². The molecule has 6 nitrogen and oxygen atoms in total. The van der Waals surface area contributed by atoms with Crippen LogP contribution in [0.25, 0.3) is 0 Å². The maximum absolute atomic E-state index is 13.0. The number of carbonyl (C=O) groups is 1. The quantitative estimate of drug-likeness (QED) is 0.766. The number of rotatable bonds is 5. The zero-order valence-electron chi connectivity index (χ0n) is 16.9. The molecule has 1 aliphatic carbocycles. The second kappa shape index (κ2) is 7.62. The van der Waals surface area contributed by atoms with Gasteiger partial charge in [-0.25, -0.2) is 4.68 Å². The van der Waals surface area contributed by atoms with E-state index < -0.39 is 0 Å². The van der Waals surface area contributed by atoms with Crippen molar-refractivity contribution in [2.75, 3.05) is 29.6 Å². The molecule has 1 aliphatic heterocycles. The number of aromatic nitrogens is 3. The van der Waals surface area contributed by atoms with Gasteiger partial charge in [0.25, 0.3) is 0 Å². The van der Waals surface area contributed by atoms with Gasteiger partial charge in [0.1, 0.15) is 6.04 Å². The van der Waals surface area contributed by atoms with Crippen LogP contribution in [-0.2, 0) is 4.79 Å². The van der Waals surface area contributed by atoms with Gasteiger partial charge in [-0.1, -0.05) is 30.8 Å². The van der Waals surface area contributed by atoms with Crippen LogP contribution < -0.4 is 10.2 Å². The van der Waals surface area contributed by atoms with Gasteiger partial charge in [-0.05, 0) is 50.1 Å². The number of carbonyl (C=O) groups excluding carboxylic acids is 1. The Morgan fingerprint density at radius 1 is 1.21 bits per heavy atom. The Balaban J connectivity index is 1.80. The Morgan fingerprint density at radius 3 is 2.57 bits per heavy atom. The molecule has 0 saturated heterocycles. The lowest BCUT2D eigenvalue weighted by atomic mass is 9.81. The Morgan fingerprint density at radius 2 is 1.93 bits per heavy atom. The van der Waals surface area contributed by atoms with Crippen molar-refractivity contribution in [2.24, 2.45) is 5.92 Å². The maximum atomic E-state index is 13.0. The number of benzene rings is 1. The first-order chi connectivity index (χ1) is 13.5. The zero-order chi connectivity index (χ0) is 19.8. The molecule has 2 aliphatic rings. The molecule has 2 heterocycles. The van der Waals surface area contributed by atoms with Crippen molar-refractivity contribution >= 4 is 29.2 Å². The second-order valence-electron chi connectivity index (χ2n) is 7.49. The number of anilines is 2. The normalized spacial score (nSPS) is 21.2. The summed E-state index contributed by atoms with van der Waals surface area (Å²) in [5.41, 5.74) is 4.13. The standard InChI is InChI=1S/C21H27N5OS/c1-5-25(6-2)15-9-7-14(8-10-15)19-18-16(11-13(3)12-17(18)27)22-20-23-21(28-4)24-26(19)20/h7-10,13,19H,5-6,11-12H2,1-4H3,(H,22,23,24)/t13-,19+/m1/s1. The van der Waals surface area contributed by atoms with Crippen LogP contribution in [0, 0.1) is 5.92 Å². The van der Waals surface area contributed by atoms with E-state index in [4.69, 9.17) is 0 Å². The first-order valence-electron chi connectivity index (χ1n) is 9.94. The van der Waals surface area contributed by atoms with Gasteiger partial charge in [0, 0.05) is 36.5 Å². The molecule has 0 amide bonds. The highest BCUT2D eigenvalue weighted by Gasteiger charge is 2.38. The summed E-state index contributed by atoms with van der Waals surface area (Å²) in [4.78, 5) is 19.9. The fourth-order valence-corrected chi connectivity index (χ4v) is 4.59. The average molecular weight is 398 g/mol. The predicted octanol–water partition coefficient (Wildman–Crippen LogP) is 4.11. The molecule has 0 radical (unpaired) electrons. The third kappa shape index (κ3) is 3.21. The minimum absolute atomic E-state index is 0.214. The van der Waals surface area contributed by atoms with E-state index in [1.807, 2.05) is 10.9 Å². The first-order valence-corrected chi connectivity index (χ1v) is 11.2. The van der Waals surface area contributed by atoms with Crippen molar-refractivity contribution in [3.8, 4) is 0 Å². The smallest absolute Gasteiger partial charge is 0.227 e. The fourth-order valence-electron chi connectivity index (χ4n) is 4.24. The Hall–Kier alpha value is -2.28. The third-order valence-electron chi connectivity index (χ3n) is 5.62. The van der Waals surface area contributed by atoms with E-state index in [-0.39, 0.29) is 11.8 Å². The molecule has 2 aromatic rings. The topological polar surface area (TPSA) is 63.1 Å². The van der Waals surface area contributed by atoms with E-state index in [2.05, 4.69) is 65.3 Å². The molecular formula is C21H27N5OS. The monoisotopic (exact) mass is 397 g/mol. The minimum atomic E-state index is -0.217. The molecule has 0 spiro atoms. The first kappa shape index (κ1) is 19.1. The zero-order valence-corrected chi connectivity index (χ0v) is 17.7. The highest BCUT2D eigenvalue weighted by molar-refractivity contribution is 7.98. The van der Waals surface area contributed by atoms with E-state index >= 15 is 0 Å². The van der Waals surface area contributed by atoms with E-state index in [9.17, 15) is 4.79 Å². The van der Waals surface area contributed by atoms with Crippen LogP contribution in [0.1, 0.15) is 45.2 Å². The van der Waals surface area contributed by atoms with Crippen molar-refractivity contribution in [2.45, 2.75) is 44.8 Å². The van der Waals surface area contributed by atoms with Gasteiger partial charge in [0.15, 0.2) is 5.78 Å². The molecule has 7 heteroatoms. The average Bonchev–Trinajstić information content (AvgIpc) is 3.10. The Bertz CT molecular complexity index is 913. The maximum Gasteiger partial charge on any atom is 0.227 e. The molecule has 4 rings (SSSR count). The number of ketones is 1. The summed E-state index contributed by atoms with van der Waals surface area (Å²) in [5, 5.41) is 8.77. The molecule has 148 valence electrons. The predicted molar refractivity (Wildman–Crippen MR) is 114 cm³/mol. The molecule has 2 atom stereocenters. The summed E-state index contributed by atoms with van der Waals surface area (Å²) in [6.07, 6.45) is 3.43. The lowest BCUT2D eigenvalue weighted by Gasteiger charge is -2.34. The van der Waals surface area contributed by atoms with Gasteiger partial charge >= 0.3 is 0 Å². The number of hydrogen-bond acceptors (Lipinski definition) is 6. The largest absolute Gasteiger partial charge is 0.372 e. The van der Waals surface area contributed by atoms with Gasteiger partial charge in [-0.2, -0.15) is 4.98 Å². The van der Waals surface area contributed by atoms with Crippen LogP contribution in [0.3, 0.4) is 0 Å². The molecular weight excluding hydrogens is 370 g/mol. The molecule has 28 heavy (non-hydrogen) atoms. The molecule has 1 aromatic carbocycles. The molecule has 0 fully saturated rings. The van der Waals surface area contributed by atoms with Crippen LogP contribution in [0.2, 0.25) is 0 Å². The van der Waals surface area contributed by atoms with E-state index in [1.54, 1.807) is 0 Å². The molecule has 0 saturated carbocycles. The molecule has 1 N–H and O–H groups in total. The molecule has 0 unspecified atom stereocenters. The molecule has 0 bridgehead atoms. The summed E-state index contributed by atoms with van der Waals surface area (Å²) in [6, 6.07) is 8.33. The summed E-state index contributed by atoms with van der Waals surface area (Å²) in [5.74, 6) is 1.28. The van der Waals surface area contributed by atoms with Gasteiger partial charge < -0.3 is 10.2 Å². The van der Waals surface area contributed by atoms with E-state index in [1.165, 1.54) is 17.4 Å². The van der Waals surface area contributed by atoms with E-state index in [0.717, 1.165) is 42.3 Å². The summed E-state index contributed by atoms with van der Waals surface area (Å²) < 4.78 is 1.88. The number of thioether (sulfide) groups is 1. The number of fused-ring (bicyclic) bond motifs is 1.